The highest BCUT2D eigenvalue weighted by atomic mass is 32.1. The van der Waals surface area contributed by atoms with Crippen LogP contribution < -0.4 is 10.6 Å². The first-order valence-electron chi connectivity index (χ1n) is 8.41. The monoisotopic (exact) mass is 292 g/mol. The number of piperidine rings is 1. The van der Waals surface area contributed by atoms with Gasteiger partial charge in [-0.1, -0.05) is 25.8 Å². The van der Waals surface area contributed by atoms with Gasteiger partial charge in [-0.3, -0.25) is 0 Å². The summed E-state index contributed by atoms with van der Waals surface area (Å²) in [6, 6.07) is 6.51. The topological polar surface area (TPSA) is 24.1 Å². The van der Waals surface area contributed by atoms with Gasteiger partial charge in [-0.15, -0.1) is 11.3 Å². The summed E-state index contributed by atoms with van der Waals surface area (Å²) in [5, 5.41) is 9.97. The summed E-state index contributed by atoms with van der Waals surface area (Å²) >= 11 is 1.90. The minimum absolute atomic E-state index is 0.559. The van der Waals surface area contributed by atoms with E-state index >= 15 is 0 Å². The summed E-state index contributed by atoms with van der Waals surface area (Å²) in [7, 11) is 0. The van der Waals surface area contributed by atoms with Crippen molar-refractivity contribution < 1.29 is 0 Å². The number of hydrogen-bond acceptors (Lipinski definition) is 3. The lowest BCUT2D eigenvalue weighted by Gasteiger charge is -2.34. The van der Waals surface area contributed by atoms with Crippen LogP contribution in [0.4, 0.5) is 0 Å². The molecule has 0 radical (unpaired) electrons. The number of thiophene rings is 1. The molecule has 2 heterocycles. The smallest absolute Gasteiger partial charge is 0.0414 e. The van der Waals surface area contributed by atoms with Gasteiger partial charge in [-0.05, 0) is 56.0 Å². The predicted octanol–water partition coefficient (Wildman–Crippen LogP) is 4.10. The molecule has 1 saturated heterocycles. The van der Waals surface area contributed by atoms with E-state index in [1.165, 1.54) is 56.4 Å². The average Bonchev–Trinajstić information content (AvgIpc) is 3.17. The normalized spacial score (nSPS) is 32.4. The van der Waals surface area contributed by atoms with Gasteiger partial charge in [0.15, 0.2) is 0 Å². The van der Waals surface area contributed by atoms with Gasteiger partial charge in [-0.2, -0.15) is 0 Å². The van der Waals surface area contributed by atoms with Gasteiger partial charge in [0.25, 0.3) is 0 Å². The fourth-order valence-corrected chi connectivity index (χ4v) is 4.94. The summed E-state index contributed by atoms with van der Waals surface area (Å²) in [6.07, 6.45) is 9.56. The van der Waals surface area contributed by atoms with Gasteiger partial charge in [0.05, 0.1) is 0 Å². The molecule has 0 aromatic carbocycles. The van der Waals surface area contributed by atoms with Crippen LogP contribution in [0.25, 0.3) is 0 Å². The van der Waals surface area contributed by atoms with Crippen molar-refractivity contribution in [3.05, 3.63) is 22.4 Å². The molecule has 2 nitrogen and oxygen atoms in total. The maximum atomic E-state index is 3.99. The van der Waals surface area contributed by atoms with Gasteiger partial charge >= 0.3 is 0 Å². The van der Waals surface area contributed by atoms with E-state index in [1.54, 1.807) is 0 Å². The highest BCUT2D eigenvalue weighted by Gasteiger charge is 2.35. The van der Waals surface area contributed by atoms with Gasteiger partial charge in [0.2, 0.25) is 0 Å². The van der Waals surface area contributed by atoms with E-state index in [0.29, 0.717) is 6.04 Å². The van der Waals surface area contributed by atoms with Crippen molar-refractivity contribution in [1.82, 2.24) is 10.6 Å². The van der Waals surface area contributed by atoms with Gasteiger partial charge in [0.1, 0.15) is 0 Å². The molecule has 0 spiro atoms. The van der Waals surface area contributed by atoms with Gasteiger partial charge < -0.3 is 10.6 Å². The van der Waals surface area contributed by atoms with Crippen molar-refractivity contribution in [1.29, 1.82) is 0 Å². The minimum Gasteiger partial charge on any atom is -0.314 e. The second-order valence-corrected chi connectivity index (χ2v) is 7.38. The molecule has 0 amide bonds. The largest absolute Gasteiger partial charge is 0.314 e. The Balaban J connectivity index is 1.62. The molecule has 112 valence electrons. The van der Waals surface area contributed by atoms with Crippen LogP contribution in [0.15, 0.2) is 17.5 Å². The van der Waals surface area contributed by atoms with Crippen molar-refractivity contribution >= 4 is 11.3 Å². The standard InChI is InChI=1S/C17H28N2S/c1-2-14(17-10-6-12-20-17)19-16-9-5-7-13(16)15-8-3-4-11-18-15/h6,10,12-16,18-19H,2-5,7-9,11H2,1H3. The number of rotatable bonds is 5. The third kappa shape index (κ3) is 3.26. The highest BCUT2D eigenvalue weighted by molar-refractivity contribution is 7.10. The highest BCUT2D eigenvalue weighted by Crippen LogP contribution is 2.34. The van der Waals surface area contributed by atoms with Crippen LogP contribution in [0.5, 0.6) is 0 Å². The summed E-state index contributed by atoms with van der Waals surface area (Å²) < 4.78 is 0. The maximum absolute atomic E-state index is 3.99. The SMILES string of the molecule is CCC(NC1CCCC1C1CCCCN1)c1cccs1. The lowest BCUT2D eigenvalue weighted by atomic mass is 9.88. The molecule has 2 aliphatic rings. The fourth-order valence-electron chi connectivity index (χ4n) is 4.07. The fraction of sp³-hybridized carbons (Fsp3) is 0.765. The second-order valence-electron chi connectivity index (χ2n) is 6.40. The van der Waals surface area contributed by atoms with Crippen LogP contribution in [0.1, 0.15) is 62.8 Å². The van der Waals surface area contributed by atoms with Crippen molar-refractivity contribution in [3.8, 4) is 0 Å². The molecular formula is C17H28N2S. The van der Waals surface area contributed by atoms with Gasteiger partial charge in [-0.25, -0.2) is 0 Å². The van der Waals surface area contributed by atoms with Crippen LogP contribution in [-0.2, 0) is 0 Å². The van der Waals surface area contributed by atoms with Gasteiger partial charge in [0, 0.05) is 23.0 Å². The van der Waals surface area contributed by atoms with Crippen LogP contribution in [0, 0.1) is 5.92 Å². The molecule has 1 saturated carbocycles. The molecule has 0 bridgehead atoms. The Hall–Kier alpha value is -0.380. The first-order chi connectivity index (χ1) is 9.88. The first-order valence-corrected chi connectivity index (χ1v) is 9.29. The predicted molar refractivity (Wildman–Crippen MR) is 87.3 cm³/mol. The number of nitrogens with one attached hydrogen (secondary N) is 2. The van der Waals surface area contributed by atoms with E-state index in [9.17, 15) is 0 Å². The van der Waals surface area contributed by atoms with E-state index < -0.39 is 0 Å². The zero-order valence-corrected chi connectivity index (χ0v) is 13.4. The Kier molecular flexibility index (Phi) is 5.14. The molecule has 1 aromatic heterocycles. The van der Waals surface area contributed by atoms with Crippen LogP contribution in [0.2, 0.25) is 0 Å². The Morgan fingerprint density at radius 2 is 2.25 bits per heavy atom. The molecule has 3 heteroatoms. The summed E-state index contributed by atoms with van der Waals surface area (Å²) in [6.45, 7) is 3.54. The Morgan fingerprint density at radius 1 is 1.30 bits per heavy atom. The average molecular weight is 292 g/mol. The Morgan fingerprint density at radius 3 is 2.95 bits per heavy atom. The molecule has 2 fully saturated rings. The molecule has 1 aliphatic heterocycles. The first kappa shape index (κ1) is 14.6. The van der Waals surface area contributed by atoms with Crippen LogP contribution >= 0.6 is 11.3 Å². The second kappa shape index (κ2) is 7.06. The lowest BCUT2D eigenvalue weighted by molar-refractivity contribution is 0.245. The van der Waals surface area contributed by atoms with Crippen LogP contribution in [-0.4, -0.2) is 18.6 Å². The lowest BCUT2D eigenvalue weighted by Crippen LogP contribution is -2.47. The zero-order valence-electron chi connectivity index (χ0n) is 12.6. The summed E-state index contributed by atoms with van der Waals surface area (Å²) in [5.74, 6) is 0.851. The Bertz CT molecular complexity index is 384. The zero-order chi connectivity index (χ0) is 13.8. The van der Waals surface area contributed by atoms with Crippen molar-refractivity contribution in [2.24, 2.45) is 5.92 Å². The Labute approximate surface area is 127 Å². The van der Waals surface area contributed by atoms with E-state index in [0.717, 1.165) is 18.0 Å². The maximum Gasteiger partial charge on any atom is 0.0414 e. The molecule has 4 atom stereocenters. The third-order valence-electron chi connectivity index (χ3n) is 5.14. The number of hydrogen-bond donors (Lipinski definition) is 2. The molecule has 1 aromatic rings. The van der Waals surface area contributed by atoms with Crippen molar-refractivity contribution in [2.45, 2.75) is 70.0 Å². The molecule has 1 aliphatic carbocycles. The summed E-state index contributed by atoms with van der Waals surface area (Å²) in [5.41, 5.74) is 0. The van der Waals surface area contributed by atoms with E-state index in [2.05, 4.69) is 35.1 Å². The molecule has 3 rings (SSSR count). The molecule has 4 unspecified atom stereocenters. The van der Waals surface area contributed by atoms with E-state index in [1.807, 2.05) is 11.3 Å². The summed E-state index contributed by atoms with van der Waals surface area (Å²) in [4.78, 5) is 1.51. The molecule has 20 heavy (non-hydrogen) atoms. The molecular weight excluding hydrogens is 264 g/mol. The third-order valence-corrected chi connectivity index (χ3v) is 6.13. The van der Waals surface area contributed by atoms with Crippen LogP contribution in [0.3, 0.4) is 0 Å². The minimum atomic E-state index is 0.559. The van der Waals surface area contributed by atoms with E-state index in [4.69, 9.17) is 0 Å². The van der Waals surface area contributed by atoms with E-state index in [-0.39, 0.29) is 0 Å². The van der Waals surface area contributed by atoms with Crippen molar-refractivity contribution in [3.63, 3.8) is 0 Å². The van der Waals surface area contributed by atoms with Crippen molar-refractivity contribution in [2.75, 3.05) is 6.54 Å². The molecule has 2 N–H and O–H groups in total. The quantitative estimate of drug-likeness (QED) is 0.854.